The topological polar surface area (TPSA) is 66.9 Å². The summed E-state index contributed by atoms with van der Waals surface area (Å²) in [7, 11) is -2.15. The van der Waals surface area contributed by atoms with Crippen LogP contribution in [0.15, 0.2) is 23.1 Å². The van der Waals surface area contributed by atoms with Crippen molar-refractivity contribution in [3.05, 3.63) is 23.8 Å². The zero-order valence-corrected chi connectivity index (χ0v) is 14.7. The molecule has 6 nitrogen and oxygen atoms in total. The number of methoxy groups -OCH3 is 1. The van der Waals surface area contributed by atoms with E-state index in [1.165, 1.54) is 10.4 Å². The number of amides is 1. The molecule has 23 heavy (non-hydrogen) atoms. The Morgan fingerprint density at radius 2 is 1.96 bits per heavy atom. The number of carbonyl (C=O) groups excluding carboxylic acids is 1. The number of benzene rings is 1. The number of likely N-dealkylation sites (tertiary alicyclic amines) is 1. The lowest BCUT2D eigenvalue weighted by atomic mass is 10.2. The average molecular weight is 340 g/mol. The molecule has 1 aromatic carbocycles. The predicted molar refractivity (Wildman–Crippen MR) is 88.0 cm³/mol. The number of sulfonamides is 1. The summed E-state index contributed by atoms with van der Waals surface area (Å²) in [6.07, 6.45) is 1.98. The highest BCUT2D eigenvalue weighted by Gasteiger charge is 2.28. The first-order valence-corrected chi connectivity index (χ1v) is 9.26. The first-order valence-electron chi connectivity index (χ1n) is 7.82. The summed E-state index contributed by atoms with van der Waals surface area (Å²) in [6.45, 7) is 5.13. The molecule has 7 heteroatoms. The van der Waals surface area contributed by atoms with E-state index in [0.29, 0.717) is 5.75 Å². The summed E-state index contributed by atoms with van der Waals surface area (Å²) in [5, 5.41) is 0. The molecule has 1 saturated heterocycles. The molecule has 2 rings (SSSR count). The largest absolute Gasteiger partial charge is 0.496 e. The molecule has 1 aliphatic rings. The molecule has 1 amide bonds. The van der Waals surface area contributed by atoms with Gasteiger partial charge in [-0.2, -0.15) is 4.31 Å². The summed E-state index contributed by atoms with van der Waals surface area (Å²) in [5.74, 6) is 0.512. The lowest BCUT2D eigenvalue weighted by Crippen LogP contribution is -2.41. The standard InChI is InChI=1S/C16H24N2O4S/c1-4-18(12-16(19)17-9-5-6-10-17)23(20,21)14-7-8-15(22-3)13(2)11-14/h7-8,11H,4-6,9-10,12H2,1-3H3. The van der Waals surface area contributed by atoms with E-state index in [4.69, 9.17) is 4.74 Å². The molecular weight excluding hydrogens is 316 g/mol. The number of nitrogens with zero attached hydrogens (tertiary/aromatic N) is 2. The molecule has 0 bridgehead atoms. The minimum Gasteiger partial charge on any atom is -0.496 e. The van der Waals surface area contributed by atoms with Crippen LogP contribution in [0.1, 0.15) is 25.3 Å². The van der Waals surface area contributed by atoms with E-state index in [9.17, 15) is 13.2 Å². The highest BCUT2D eigenvalue weighted by molar-refractivity contribution is 7.89. The van der Waals surface area contributed by atoms with Crippen molar-refractivity contribution in [2.24, 2.45) is 0 Å². The number of likely N-dealkylation sites (N-methyl/N-ethyl adjacent to an activating group) is 1. The van der Waals surface area contributed by atoms with E-state index in [1.807, 2.05) is 0 Å². The second kappa shape index (κ2) is 7.31. The molecule has 1 fully saturated rings. The summed E-state index contributed by atoms with van der Waals surface area (Å²) >= 11 is 0. The Morgan fingerprint density at radius 3 is 2.48 bits per heavy atom. The smallest absolute Gasteiger partial charge is 0.243 e. The third kappa shape index (κ3) is 3.84. The Hall–Kier alpha value is -1.60. The zero-order chi connectivity index (χ0) is 17.0. The van der Waals surface area contributed by atoms with Crippen molar-refractivity contribution in [1.29, 1.82) is 0 Å². The number of hydrogen-bond donors (Lipinski definition) is 0. The van der Waals surface area contributed by atoms with Crippen LogP contribution in [0.3, 0.4) is 0 Å². The predicted octanol–water partition coefficient (Wildman–Crippen LogP) is 1.64. The molecule has 0 N–H and O–H groups in total. The fraction of sp³-hybridized carbons (Fsp3) is 0.562. The Morgan fingerprint density at radius 1 is 1.30 bits per heavy atom. The molecule has 128 valence electrons. The van der Waals surface area contributed by atoms with Crippen LogP contribution in [0.4, 0.5) is 0 Å². The molecule has 1 heterocycles. The maximum atomic E-state index is 12.8. The van der Waals surface area contributed by atoms with E-state index in [0.717, 1.165) is 31.5 Å². The number of carbonyl (C=O) groups is 1. The van der Waals surface area contributed by atoms with Crippen LogP contribution < -0.4 is 4.74 Å². The second-order valence-corrected chi connectivity index (χ2v) is 7.59. The molecule has 0 atom stereocenters. The van der Waals surface area contributed by atoms with Crippen molar-refractivity contribution in [2.45, 2.75) is 31.6 Å². The number of ether oxygens (including phenoxy) is 1. The molecule has 0 spiro atoms. The molecule has 1 aliphatic heterocycles. The normalized spacial score (nSPS) is 15.2. The fourth-order valence-corrected chi connectivity index (χ4v) is 4.23. The molecule has 0 unspecified atom stereocenters. The van der Waals surface area contributed by atoms with E-state index >= 15 is 0 Å². The van der Waals surface area contributed by atoms with Crippen LogP contribution in [0, 0.1) is 6.92 Å². The Labute approximate surface area is 138 Å². The van der Waals surface area contributed by atoms with Gasteiger partial charge < -0.3 is 9.64 Å². The summed E-state index contributed by atoms with van der Waals surface area (Å²) in [5.41, 5.74) is 0.746. The van der Waals surface area contributed by atoms with Gasteiger partial charge in [0.25, 0.3) is 0 Å². The Bertz CT molecular complexity index is 667. The molecule has 0 radical (unpaired) electrons. The molecule has 0 saturated carbocycles. The maximum absolute atomic E-state index is 12.8. The third-order valence-corrected chi connectivity index (χ3v) is 6.04. The SMILES string of the molecule is CCN(CC(=O)N1CCCC1)S(=O)(=O)c1ccc(OC)c(C)c1. The van der Waals surface area contributed by atoms with Crippen molar-refractivity contribution < 1.29 is 17.9 Å². The van der Waals surface area contributed by atoms with Crippen LogP contribution in [0.5, 0.6) is 5.75 Å². The molecular formula is C16H24N2O4S. The first kappa shape index (κ1) is 17.7. The summed E-state index contributed by atoms with van der Waals surface area (Å²) in [4.78, 5) is 14.2. The second-order valence-electron chi connectivity index (χ2n) is 5.65. The van der Waals surface area contributed by atoms with Gasteiger partial charge in [0.05, 0.1) is 18.6 Å². The number of rotatable bonds is 6. The lowest BCUT2D eigenvalue weighted by molar-refractivity contribution is -0.130. The van der Waals surface area contributed by atoms with Gasteiger partial charge in [-0.3, -0.25) is 4.79 Å². The van der Waals surface area contributed by atoms with Crippen molar-refractivity contribution in [1.82, 2.24) is 9.21 Å². The quantitative estimate of drug-likeness (QED) is 0.789. The van der Waals surface area contributed by atoms with Crippen LogP contribution in [-0.4, -0.2) is 56.8 Å². The number of hydrogen-bond acceptors (Lipinski definition) is 4. The van der Waals surface area contributed by atoms with Crippen LogP contribution in [-0.2, 0) is 14.8 Å². The van der Waals surface area contributed by atoms with E-state index in [2.05, 4.69) is 0 Å². The van der Waals surface area contributed by atoms with Gasteiger partial charge in [-0.15, -0.1) is 0 Å². The minimum absolute atomic E-state index is 0.107. The average Bonchev–Trinajstić information content (AvgIpc) is 3.06. The molecule has 0 aliphatic carbocycles. The highest BCUT2D eigenvalue weighted by Crippen LogP contribution is 2.24. The molecule has 1 aromatic rings. The van der Waals surface area contributed by atoms with E-state index in [-0.39, 0.29) is 23.9 Å². The van der Waals surface area contributed by atoms with Gasteiger partial charge >= 0.3 is 0 Å². The Balaban J connectivity index is 2.21. The van der Waals surface area contributed by atoms with Crippen molar-refractivity contribution in [3.63, 3.8) is 0 Å². The zero-order valence-electron chi connectivity index (χ0n) is 13.9. The maximum Gasteiger partial charge on any atom is 0.243 e. The van der Waals surface area contributed by atoms with Gasteiger partial charge in [0, 0.05) is 19.6 Å². The monoisotopic (exact) mass is 340 g/mol. The highest BCUT2D eigenvalue weighted by atomic mass is 32.2. The summed E-state index contributed by atoms with van der Waals surface area (Å²) in [6, 6.07) is 4.74. The van der Waals surface area contributed by atoms with Gasteiger partial charge in [-0.25, -0.2) is 8.42 Å². The van der Waals surface area contributed by atoms with Gasteiger partial charge in [0.15, 0.2) is 0 Å². The van der Waals surface area contributed by atoms with Gasteiger partial charge in [-0.05, 0) is 43.5 Å². The number of aryl methyl sites for hydroxylation is 1. The Kier molecular flexibility index (Phi) is 5.64. The van der Waals surface area contributed by atoms with Crippen LogP contribution in [0.2, 0.25) is 0 Å². The third-order valence-electron chi connectivity index (χ3n) is 4.13. The van der Waals surface area contributed by atoms with Gasteiger partial charge in [-0.1, -0.05) is 6.92 Å². The van der Waals surface area contributed by atoms with E-state index in [1.54, 1.807) is 38.0 Å². The molecule has 0 aromatic heterocycles. The van der Waals surface area contributed by atoms with Crippen molar-refractivity contribution >= 4 is 15.9 Å². The van der Waals surface area contributed by atoms with E-state index < -0.39 is 10.0 Å². The van der Waals surface area contributed by atoms with Crippen molar-refractivity contribution in [2.75, 3.05) is 33.3 Å². The van der Waals surface area contributed by atoms with Crippen LogP contribution in [0.25, 0.3) is 0 Å². The van der Waals surface area contributed by atoms with Crippen LogP contribution >= 0.6 is 0 Å². The first-order chi connectivity index (χ1) is 10.9. The van der Waals surface area contributed by atoms with Gasteiger partial charge in [0.2, 0.25) is 15.9 Å². The fourth-order valence-electron chi connectivity index (χ4n) is 2.74. The minimum atomic E-state index is -3.69. The lowest BCUT2D eigenvalue weighted by Gasteiger charge is -2.23. The van der Waals surface area contributed by atoms with Crippen molar-refractivity contribution in [3.8, 4) is 5.75 Å². The summed E-state index contributed by atoms with van der Waals surface area (Å²) < 4.78 is 32.0. The van der Waals surface area contributed by atoms with Gasteiger partial charge in [0.1, 0.15) is 5.75 Å².